The summed E-state index contributed by atoms with van der Waals surface area (Å²) in [4.78, 5) is 0. The molecule has 88 valence electrons. The molecule has 2 aromatic carbocycles. The maximum atomic E-state index is 2.22. The highest BCUT2D eigenvalue weighted by Crippen LogP contribution is 2.21. The van der Waals surface area contributed by atoms with E-state index in [2.05, 4.69) is 72.4 Å². The number of hydrogen-bond acceptors (Lipinski definition) is 0. The van der Waals surface area contributed by atoms with Crippen LogP contribution in [0.1, 0.15) is 11.1 Å². The summed E-state index contributed by atoms with van der Waals surface area (Å²) in [6.45, 7) is 3.11. The van der Waals surface area contributed by atoms with Crippen molar-refractivity contribution in [3.05, 3.63) is 78.1 Å². The van der Waals surface area contributed by atoms with Gasteiger partial charge in [0.2, 0.25) is 0 Å². The minimum absolute atomic E-state index is 0.925. The Kier molecular flexibility index (Phi) is 2.81. The van der Waals surface area contributed by atoms with Crippen LogP contribution in [0, 0.1) is 6.92 Å². The first-order valence-corrected chi connectivity index (χ1v) is 6.26. The van der Waals surface area contributed by atoms with Crippen LogP contribution in [0.5, 0.6) is 0 Å². The van der Waals surface area contributed by atoms with Crippen LogP contribution in [0.4, 0.5) is 0 Å². The average molecular weight is 234 g/mol. The molecule has 3 aromatic rings. The van der Waals surface area contributed by atoms with Crippen molar-refractivity contribution >= 4 is 10.8 Å². The molecular weight excluding hydrogens is 218 g/mol. The second kappa shape index (κ2) is 4.61. The van der Waals surface area contributed by atoms with Gasteiger partial charge in [-0.15, -0.1) is 0 Å². The third-order valence-corrected chi connectivity index (χ3v) is 3.39. The molecule has 0 bridgehead atoms. The van der Waals surface area contributed by atoms with Crippen LogP contribution in [-0.4, -0.2) is 0 Å². The summed E-state index contributed by atoms with van der Waals surface area (Å²) in [6.07, 6.45) is 4.22. The molecule has 1 heteroatoms. The zero-order chi connectivity index (χ0) is 12.4. The number of hydrogen-bond donors (Lipinski definition) is 0. The van der Waals surface area contributed by atoms with Crippen LogP contribution in [0.15, 0.2) is 67.0 Å². The lowest BCUT2D eigenvalue weighted by Gasteiger charge is -2.07. The molecule has 0 spiro atoms. The molecule has 18 heavy (non-hydrogen) atoms. The largest absolute Gasteiger partial charge is 0.201 e. The summed E-state index contributed by atoms with van der Waals surface area (Å²) < 4.78 is 2.22. The summed E-state index contributed by atoms with van der Waals surface area (Å²) in [7, 11) is 0. The summed E-state index contributed by atoms with van der Waals surface area (Å²) in [5.41, 5.74) is 2.76. The van der Waals surface area contributed by atoms with E-state index in [1.807, 2.05) is 6.07 Å². The number of rotatable bonds is 2. The first kappa shape index (κ1) is 11.0. The first-order chi connectivity index (χ1) is 8.84. The Bertz CT molecular complexity index is 672. The Morgan fingerprint density at radius 2 is 1.61 bits per heavy atom. The highest BCUT2D eigenvalue weighted by Gasteiger charge is 2.08. The van der Waals surface area contributed by atoms with E-state index in [-0.39, 0.29) is 0 Å². The highest BCUT2D eigenvalue weighted by molar-refractivity contribution is 5.86. The lowest BCUT2D eigenvalue weighted by Crippen LogP contribution is -2.33. The number of aryl methyl sites for hydroxylation is 1. The smallest absolute Gasteiger partial charge is 0.174 e. The molecule has 0 unspecified atom stereocenters. The molecule has 0 radical (unpaired) electrons. The van der Waals surface area contributed by atoms with E-state index in [0.29, 0.717) is 0 Å². The van der Waals surface area contributed by atoms with Gasteiger partial charge in [-0.2, -0.15) is 0 Å². The number of pyridine rings is 1. The fourth-order valence-corrected chi connectivity index (χ4v) is 2.38. The lowest BCUT2D eigenvalue weighted by molar-refractivity contribution is -0.688. The van der Waals surface area contributed by atoms with Gasteiger partial charge in [0.05, 0.1) is 0 Å². The molecule has 0 fully saturated rings. The molecule has 0 saturated carbocycles. The SMILES string of the molecule is Cc1ccc2ccccc2c1C[n+]1ccccc1. The molecule has 0 atom stereocenters. The van der Waals surface area contributed by atoms with E-state index >= 15 is 0 Å². The molecule has 0 aliphatic heterocycles. The molecule has 0 aliphatic carbocycles. The van der Waals surface area contributed by atoms with E-state index in [0.717, 1.165) is 6.54 Å². The topological polar surface area (TPSA) is 3.88 Å². The van der Waals surface area contributed by atoms with Gasteiger partial charge in [0, 0.05) is 17.7 Å². The predicted molar refractivity (Wildman–Crippen MR) is 74.4 cm³/mol. The van der Waals surface area contributed by atoms with Crippen LogP contribution < -0.4 is 4.57 Å². The van der Waals surface area contributed by atoms with E-state index in [9.17, 15) is 0 Å². The van der Waals surface area contributed by atoms with Gasteiger partial charge in [0.25, 0.3) is 0 Å². The van der Waals surface area contributed by atoms with Gasteiger partial charge < -0.3 is 0 Å². The van der Waals surface area contributed by atoms with Crippen LogP contribution >= 0.6 is 0 Å². The van der Waals surface area contributed by atoms with Gasteiger partial charge in [0.15, 0.2) is 18.9 Å². The van der Waals surface area contributed by atoms with Crippen LogP contribution in [-0.2, 0) is 6.54 Å². The zero-order valence-electron chi connectivity index (χ0n) is 10.5. The Morgan fingerprint density at radius 1 is 0.833 bits per heavy atom. The molecular formula is C17H16N+. The normalized spacial score (nSPS) is 10.7. The van der Waals surface area contributed by atoms with E-state index in [4.69, 9.17) is 0 Å². The number of benzene rings is 2. The molecule has 0 N–H and O–H groups in total. The molecule has 1 aromatic heterocycles. The molecule has 0 amide bonds. The van der Waals surface area contributed by atoms with Gasteiger partial charge in [-0.25, -0.2) is 4.57 Å². The van der Waals surface area contributed by atoms with Crippen molar-refractivity contribution in [1.82, 2.24) is 0 Å². The average Bonchev–Trinajstić information content (AvgIpc) is 2.43. The van der Waals surface area contributed by atoms with Gasteiger partial charge >= 0.3 is 0 Å². The molecule has 1 heterocycles. The number of nitrogens with zero attached hydrogens (tertiary/aromatic N) is 1. The Morgan fingerprint density at radius 3 is 2.44 bits per heavy atom. The summed E-state index contributed by atoms with van der Waals surface area (Å²) >= 11 is 0. The third kappa shape index (κ3) is 2.00. The Hall–Kier alpha value is -2.15. The second-order valence-corrected chi connectivity index (χ2v) is 4.63. The van der Waals surface area contributed by atoms with Crippen molar-refractivity contribution in [2.24, 2.45) is 0 Å². The van der Waals surface area contributed by atoms with Crippen molar-refractivity contribution < 1.29 is 4.57 Å². The minimum Gasteiger partial charge on any atom is -0.201 e. The van der Waals surface area contributed by atoms with Gasteiger partial charge in [-0.1, -0.05) is 42.5 Å². The van der Waals surface area contributed by atoms with Crippen molar-refractivity contribution in [2.75, 3.05) is 0 Å². The third-order valence-electron chi connectivity index (χ3n) is 3.39. The van der Waals surface area contributed by atoms with Crippen molar-refractivity contribution in [3.63, 3.8) is 0 Å². The Balaban J connectivity index is 2.13. The maximum absolute atomic E-state index is 2.22. The van der Waals surface area contributed by atoms with Gasteiger partial charge in [0.1, 0.15) is 0 Å². The number of aromatic nitrogens is 1. The standard InChI is InChI=1S/C17H16N/c1-14-9-10-15-7-3-4-8-16(15)17(14)13-18-11-5-2-6-12-18/h2-12H,13H2,1H3/q+1. The number of fused-ring (bicyclic) bond motifs is 1. The fraction of sp³-hybridized carbons (Fsp3) is 0.118. The van der Waals surface area contributed by atoms with Crippen LogP contribution in [0.25, 0.3) is 10.8 Å². The lowest BCUT2D eigenvalue weighted by atomic mass is 9.99. The van der Waals surface area contributed by atoms with Crippen molar-refractivity contribution in [3.8, 4) is 0 Å². The Labute approximate surface area is 107 Å². The van der Waals surface area contributed by atoms with Crippen LogP contribution in [0.3, 0.4) is 0 Å². The molecule has 0 aliphatic rings. The van der Waals surface area contributed by atoms with E-state index in [1.54, 1.807) is 0 Å². The first-order valence-electron chi connectivity index (χ1n) is 6.26. The highest BCUT2D eigenvalue weighted by atomic mass is 14.9. The summed E-state index contributed by atoms with van der Waals surface area (Å²) in [6, 6.07) is 19.2. The molecule has 3 rings (SSSR count). The van der Waals surface area contributed by atoms with Crippen LogP contribution in [0.2, 0.25) is 0 Å². The molecule has 1 nitrogen and oxygen atoms in total. The van der Waals surface area contributed by atoms with Crippen molar-refractivity contribution in [2.45, 2.75) is 13.5 Å². The minimum atomic E-state index is 0.925. The van der Waals surface area contributed by atoms with E-state index < -0.39 is 0 Å². The summed E-state index contributed by atoms with van der Waals surface area (Å²) in [5.74, 6) is 0. The fourth-order valence-electron chi connectivity index (χ4n) is 2.38. The second-order valence-electron chi connectivity index (χ2n) is 4.63. The van der Waals surface area contributed by atoms with Gasteiger partial charge in [-0.3, -0.25) is 0 Å². The summed E-state index contributed by atoms with van der Waals surface area (Å²) in [5, 5.41) is 2.67. The van der Waals surface area contributed by atoms with Gasteiger partial charge in [-0.05, 0) is 23.3 Å². The quantitative estimate of drug-likeness (QED) is 0.598. The zero-order valence-corrected chi connectivity index (χ0v) is 10.5. The van der Waals surface area contributed by atoms with E-state index in [1.165, 1.54) is 21.9 Å². The predicted octanol–water partition coefficient (Wildman–Crippen LogP) is 3.48. The molecule has 0 saturated heterocycles. The monoisotopic (exact) mass is 234 g/mol. The van der Waals surface area contributed by atoms with Crippen molar-refractivity contribution in [1.29, 1.82) is 0 Å². The maximum Gasteiger partial charge on any atom is 0.174 e.